The van der Waals surface area contributed by atoms with Gasteiger partial charge in [0.2, 0.25) is 0 Å². The third kappa shape index (κ3) is 3.22. The molecule has 1 aliphatic rings. The molecule has 0 aliphatic carbocycles. The first-order valence-corrected chi connectivity index (χ1v) is 8.29. The quantitative estimate of drug-likeness (QED) is 0.805. The molecule has 3 nitrogen and oxygen atoms in total. The van der Waals surface area contributed by atoms with Crippen molar-refractivity contribution in [1.29, 1.82) is 0 Å². The summed E-state index contributed by atoms with van der Waals surface area (Å²) >= 11 is 1.62. The fourth-order valence-corrected chi connectivity index (χ4v) is 3.57. The second-order valence-corrected chi connectivity index (χ2v) is 6.54. The number of carbonyl (C=O) groups is 1. The highest BCUT2D eigenvalue weighted by molar-refractivity contribution is 8.00. The van der Waals surface area contributed by atoms with Crippen molar-refractivity contribution in [3.63, 3.8) is 0 Å². The molecule has 0 radical (unpaired) electrons. The highest BCUT2D eigenvalue weighted by atomic mass is 32.2. The Balaban J connectivity index is 1.85. The SMILES string of the molecule is Cc1cccc(/C=N/N2C(=O)CSC2c2cccc(C)c2)c1. The molecule has 3 rings (SSSR count). The van der Waals surface area contributed by atoms with E-state index in [4.69, 9.17) is 0 Å². The average molecular weight is 310 g/mol. The largest absolute Gasteiger partial charge is 0.272 e. The molecule has 1 heterocycles. The molecule has 112 valence electrons. The van der Waals surface area contributed by atoms with E-state index in [0.29, 0.717) is 5.75 Å². The van der Waals surface area contributed by atoms with Crippen LogP contribution in [-0.2, 0) is 4.79 Å². The van der Waals surface area contributed by atoms with E-state index in [1.54, 1.807) is 23.0 Å². The summed E-state index contributed by atoms with van der Waals surface area (Å²) in [6.45, 7) is 4.11. The Morgan fingerprint density at radius 3 is 2.59 bits per heavy atom. The van der Waals surface area contributed by atoms with E-state index < -0.39 is 0 Å². The first-order valence-electron chi connectivity index (χ1n) is 7.24. The van der Waals surface area contributed by atoms with Gasteiger partial charge in [-0.2, -0.15) is 5.10 Å². The molecule has 22 heavy (non-hydrogen) atoms. The molecule has 1 saturated heterocycles. The van der Waals surface area contributed by atoms with Gasteiger partial charge in [0, 0.05) is 0 Å². The summed E-state index contributed by atoms with van der Waals surface area (Å²) in [7, 11) is 0. The first-order chi connectivity index (χ1) is 10.6. The molecular weight excluding hydrogens is 292 g/mol. The van der Waals surface area contributed by atoms with Crippen LogP contribution in [0.1, 0.15) is 27.6 Å². The normalized spacial score (nSPS) is 18.4. The molecule has 2 aromatic carbocycles. The number of thioether (sulfide) groups is 1. The van der Waals surface area contributed by atoms with Crippen LogP contribution < -0.4 is 0 Å². The zero-order valence-corrected chi connectivity index (χ0v) is 13.5. The lowest BCUT2D eigenvalue weighted by Gasteiger charge is -2.19. The minimum atomic E-state index is -0.0338. The third-order valence-electron chi connectivity index (χ3n) is 3.54. The van der Waals surface area contributed by atoms with E-state index in [2.05, 4.69) is 36.3 Å². The Bertz CT molecular complexity index is 727. The zero-order chi connectivity index (χ0) is 15.5. The standard InChI is InChI=1S/C18H18N2OS/c1-13-5-3-7-15(9-13)11-19-20-17(21)12-22-18(20)16-8-4-6-14(2)10-16/h3-11,18H,12H2,1-2H3/b19-11+. The van der Waals surface area contributed by atoms with Gasteiger partial charge in [-0.1, -0.05) is 59.7 Å². The number of amides is 1. The second-order valence-electron chi connectivity index (χ2n) is 5.47. The fraction of sp³-hybridized carbons (Fsp3) is 0.222. The molecule has 4 heteroatoms. The van der Waals surface area contributed by atoms with Crippen LogP contribution in [0.4, 0.5) is 0 Å². The summed E-state index contributed by atoms with van der Waals surface area (Å²) in [5.41, 5.74) is 4.51. The second kappa shape index (κ2) is 6.36. The Hall–Kier alpha value is -2.07. The Morgan fingerprint density at radius 2 is 1.86 bits per heavy atom. The van der Waals surface area contributed by atoms with E-state index in [1.165, 1.54) is 11.1 Å². The molecule has 0 bridgehead atoms. The molecule has 1 unspecified atom stereocenters. The smallest absolute Gasteiger partial charge is 0.254 e. The van der Waals surface area contributed by atoms with Gasteiger partial charge in [-0.05, 0) is 25.0 Å². The highest BCUT2D eigenvalue weighted by Crippen LogP contribution is 2.38. The Kier molecular flexibility index (Phi) is 4.29. The average Bonchev–Trinajstić information content (AvgIpc) is 2.86. The molecule has 1 aliphatic heterocycles. The Labute approximate surface area is 135 Å². The number of rotatable bonds is 3. The minimum Gasteiger partial charge on any atom is -0.272 e. The topological polar surface area (TPSA) is 32.7 Å². The van der Waals surface area contributed by atoms with Crippen LogP contribution in [0.5, 0.6) is 0 Å². The number of benzene rings is 2. The number of aryl methyl sites for hydroxylation is 2. The van der Waals surface area contributed by atoms with Gasteiger partial charge < -0.3 is 0 Å². The van der Waals surface area contributed by atoms with Crippen molar-refractivity contribution < 1.29 is 4.79 Å². The van der Waals surface area contributed by atoms with Gasteiger partial charge >= 0.3 is 0 Å². The monoisotopic (exact) mass is 310 g/mol. The predicted molar refractivity (Wildman–Crippen MR) is 92.0 cm³/mol. The van der Waals surface area contributed by atoms with Crippen molar-refractivity contribution in [2.45, 2.75) is 19.2 Å². The first kappa shape index (κ1) is 14.9. The van der Waals surface area contributed by atoms with Gasteiger partial charge in [0.15, 0.2) is 0 Å². The van der Waals surface area contributed by atoms with Gasteiger partial charge in [0.1, 0.15) is 5.37 Å². The van der Waals surface area contributed by atoms with Gasteiger partial charge in [0.25, 0.3) is 5.91 Å². The molecule has 0 aromatic heterocycles. The minimum absolute atomic E-state index is 0.0338. The van der Waals surface area contributed by atoms with Crippen LogP contribution in [0.2, 0.25) is 0 Å². The molecule has 1 amide bonds. The van der Waals surface area contributed by atoms with Crippen LogP contribution in [0, 0.1) is 13.8 Å². The van der Waals surface area contributed by atoms with Gasteiger partial charge in [-0.3, -0.25) is 4.79 Å². The van der Waals surface area contributed by atoms with Gasteiger partial charge in [-0.15, -0.1) is 11.8 Å². The van der Waals surface area contributed by atoms with E-state index in [1.807, 2.05) is 31.2 Å². The van der Waals surface area contributed by atoms with Crippen LogP contribution >= 0.6 is 11.8 Å². The Morgan fingerprint density at radius 1 is 1.14 bits per heavy atom. The maximum atomic E-state index is 12.1. The number of hydrogen-bond acceptors (Lipinski definition) is 3. The zero-order valence-electron chi connectivity index (χ0n) is 12.7. The summed E-state index contributed by atoms with van der Waals surface area (Å²) in [4.78, 5) is 12.1. The maximum Gasteiger partial charge on any atom is 0.254 e. The molecule has 2 aromatic rings. The molecule has 1 atom stereocenters. The lowest BCUT2D eigenvalue weighted by Crippen LogP contribution is -2.22. The van der Waals surface area contributed by atoms with Crippen LogP contribution in [0.15, 0.2) is 53.6 Å². The lowest BCUT2D eigenvalue weighted by molar-refractivity contribution is -0.128. The van der Waals surface area contributed by atoms with Crippen LogP contribution in [0.25, 0.3) is 0 Å². The summed E-state index contributed by atoms with van der Waals surface area (Å²) in [5.74, 6) is 0.532. The van der Waals surface area contributed by atoms with E-state index in [0.717, 1.165) is 11.1 Å². The van der Waals surface area contributed by atoms with Crippen molar-refractivity contribution in [3.05, 3.63) is 70.8 Å². The predicted octanol–water partition coefficient (Wildman–Crippen LogP) is 3.91. The van der Waals surface area contributed by atoms with Crippen molar-refractivity contribution in [1.82, 2.24) is 5.01 Å². The van der Waals surface area contributed by atoms with Crippen molar-refractivity contribution in [3.8, 4) is 0 Å². The van der Waals surface area contributed by atoms with Crippen LogP contribution in [0.3, 0.4) is 0 Å². The number of hydrazone groups is 1. The highest BCUT2D eigenvalue weighted by Gasteiger charge is 2.32. The van der Waals surface area contributed by atoms with Crippen molar-refractivity contribution in [2.24, 2.45) is 5.10 Å². The number of hydrogen-bond donors (Lipinski definition) is 0. The molecule has 1 fully saturated rings. The van der Waals surface area contributed by atoms with Crippen molar-refractivity contribution >= 4 is 23.9 Å². The van der Waals surface area contributed by atoms with Gasteiger partial charge in [0.05, 0.1) is 12.0 Å². The third-order valence-corrected chi connectivity index (χ3v) is 4.74. The summed E-state index contributed by atoms with van der Waals surface area (Å²) < 4.78 is 0. The van der Waals surface area contributed by atoms with Gasteiger partial charge in [-0.25, -0.2) is 5.01 Å². The summed E-state index contributed by atoms with van der Waals surface area (Å²) in [6.07, 6.45) is 1.76. The van der Waals surface area contributed by atoms with E-state index in [9.17, 15) is 4.79 Å². The fourth-order valence-electron chi connectivity index (χ4n) is 2.48. The lowest BCUT2D eigenvalue weighted by atomic mass is 10.1. The van der Waals surface area contributed by atoms with Crippen molar-refractivity contribution in [2.75, 3.05) is 5.75 Å². The maximum absolute atomic E-state index is 12.1. The van der Waals surface area contributed by atoms with E-state index >= 15 is 0 Å². The molecule has 0 spiro atoms. The summed E-state index contributed by atoms with van der Waals surface area (Å²) in [5, 5.41) is 6.01. The molecule has 0 saturated carbocycles. The molecular formula is C18H18N2OS. The number of nitrogens with zero attached hydrogens (tertiary/aromatic N) is 2. The molecule has 0 N–H and O–H groups in total. The summed E-state index contributed by atoms with van der Waals surface area (Å²) in [6, 6.07) is 16.3. The number of carbonyl (C=O) groups excluding carboxylic acids is 1. The van der Waals surface area contributed by atoms with Crippen LogP contribution in [-0.4, -0.2) is 22.9 Å². The van der Waals surface area contributed by atoms with E-state index in [-0.39, 0.29) is 11.3 Å².